The lowest BCUT2D eigenvalue weighted by Gasteiger charge is -2.07. The van der Waals surface area contributed by atoms with Crippen LogP contribution in [0.4, 0.5) is 0 Å². The van der Waals surface area contributed by atoms with Crippen LogP contribution in [0.5, 0.6) is 0 Å². The van der Waals surface area contributed by atoms with Crippen LogP contribution in [-0.2, 0) is 4.79 Å². The molecule has 0 fully saturated rings. The molecule has 1 unspecified atom stereocenters. The van der Waals surface area contributed by atoms with Crippen molar-refractivity contribution in [3.8, 4) is 0 Å². The van der Waals surface area contributed by atoms with Crippen molar-refractivity contribution >= 4 is 16.9 Å². The fraction of sp³-hybridized carbons (Fsp3) is 0.167. The van der Waals surface area contributed by atoms with Crippen molar-refractivity contribution in [3.05, 3.63) is 41.6 Å². The number of benzene rings is 1. The third kappa shape index (κ3) is 1.87. The van der Waals surface area contributed by atoms with Gasteiger partial charge in [0.1, 0.15) is 6.04 Å². The summed E-state index contributed by atoms with van der Waals surface area (Å²) in [4.78, 5) is 15.0. The second kappa shape index (κ2) is 3.90. The van der Waals surface area contributed by atoms with Gasteiger partial charge in [-0.3, -0.25) is 9.78 Å². The number of hydrogen-bond donors (Lipinski definition) is 2. The molecule has 0 amide bonds. The Morgan fingerprint density at radius 1 is 1.44 bits per heavy atom. The van der Waals surface area contributed by atoms with Gasteiger partial charge in [0.05, 0.1) is 5.52 Å². The van der Waals surface area contributed by atoms with Crippen molar-refractivity contribution in [1.82, 2.24) is 4.98 Å². The van der Waals surface area contributed by atoms with E-state index in [1.54, 1.807) is 24.4 Å². The van der Waals surface area contributed by atoms with Crippen LogP contribution in [0.3, 0.4) is 0 Å². The number of nitrogens with zero attached hydrogens (tertiary/aromatic N) is 1. The Kier molecular flexibility index (Phi) is 2.58. The van der Waals surface area contributed by atoms with Gasteiger partial charge in [-0.1, -0.05) is 6.07 Å². The van der Waals surface area contributed by atoms with E-state index in [1.165, 1.54) is 0 Å². The van der Waals surface area contributed by atoms with E-state index in [9.17, 15) is 4.79 Å². The van der Waals surface area contributed by atoms with Gasteiger partial charge in [-0.25, -0.2) is 0 Å². The molecule has 0 aliphatic carbocycles. The van der Waals surface area contributed by atoms with Crippen LogP contribution < -0.4 is 5.73 Å². The number of carboxylic acids is 1. The smallest absolute Gasteiger partial charge is 0.325 e. The van der Waals surface area contributed by atoms with Gasteiger partial charge in [-0.05, 0) is 36.2 Å². The minimum Gasteiger partial charge on any atom is -0.480 e. The lowest BCUT2D eigenvalue weighted by molar-refractivity contribution is -0.138. The van der Waals surface area contributed by atoms with E-state index >= 15 is 0 Å². The molecule has 1 aromatic carbocycles. The zero-order valence-electron chi connectivity index (χ0n) is 8.84. The molecule has 1 atom stereocenters. The summed E-state index contributed by atoms with van der Waals surface area (Å²) in [7, 11) is 0. The van der Waals surface area contributed by atoms with Crippen LogP contribution in [0, 0.1) is 6.92 Å². The predicted octanol–water partition coefficient (Wildman–Crippen LogP) is 1.63. The van der Waals surface area contributed by atoms with Crippen molar-refractivity contribution in [2.45, 2.75) is 13.0 Å². The summed E-state index contributed by atoms with van der Waals surface area (Å²) in [6.07, 6.45) is 1.78. The van der Waals surface area contributed by atoms with Crippen LogP contribution in [0.25, 0.3) is 10.9 Å². The number of carboxylic acid groups (broad SMARTS) is 1. The Hall–Kier alpha value is -1.94. The molecule has 0 saturated heterocycles. The van der Waals surface area contributed by atoms with E-state index in [1.807, 2.05) is 13.0 Å². The second-order valence-corrected chi connectivity index (χ2v) is 3.78. The van der Waals surface area contributed by atoms with Crippen molar-refractivity contribution in [3.63, 3.8) is 0 Å². The van der Waals surface area contributed by atoms with Gasteiger partial charge in [0, 0.05) is 11.6 Å². The molecular weight excluding hydrogens is 204 g/mol. The highest BCUT2D eigenvalue weighted by molar-refractivity contribution is 5.82. The number of pyridine rings is 1. The molecule has 2 rings (SSSR count). The van der Waals surface area contributed by atoms with E-state index in [-0.39, 0.29) is 0 Å². The first-order valence-electron chi connectivity index (χ1n) is 4.92. The second-order valence-electron chi connectivity index (χ2n) is 3.78. The van der Waals surface area contributed by atoms with Gasteiger partial charge in [-0.15, -0.1) is 0 Å². The molecule has 0 radical (unpaired) electrons. The molecule has 4 heteroatoms. The van der Waals surface area contributed by atoms with E-state index < -0.39 is 12.0 Å². The molecule has 1 heterocycles. The minimum atomic E-state index is -1.03. The number of nitrogens with two attached hydrogens (primary N) is 1. The average Bonchev–Trinajstić information content (AvgIpc) is 2.26. The largest absolute Gasteiger partial charge is 0.480 e. The fourth-order valence-corrected chi connectivity index (χ4v) is 1.60. The van der Waals surface area contributed by atoms with Gasteiger partial charge in [0.2, 0.25) is 0 Å². The molecule has 1 aromatic heterocycles. The van der Waals surface area contributed by atoms with Crippen molar-refractivity contribution in [2.75, 3.05) is 0 Å². The molecule has 0 bridgehead atoms. The van der Waals surface area contributed by atoms with Crippen LogP contribution >= 0.6 is 0 Å². The SMILES string of the molecule is Cc1cnc2ccc(C(N)C(=O)O)cc2c1. The molecule has 0 spiro atoms. The molecule has 82 valence electrons. The Bertz CT molecular complexity index is 552. The van der Waals surface area contributed by atoms with E-state index in [0.29, 0.717) is 5.56 Å². The Labute approximate surface area is 92.7 Å². The van der Waals surface area contributed by atoms with Crippen LogP contribution in [-0.4, -0.2) is 16.1 Å². The lowest BCUT2D eigenvalue weighted by atomic mass is 10.0. The van der Waals surface area contributed by atoms with Crippen molar-refractivity contribution in [2.24, 2.45) is 5.73 Å². The first-order valence-corrected chi connectivity index (χ1v) is 4.92. The molecule has 4 nitrogen and oxygen atoms in total. The number of fused-ring (bicyclic) bond motifs is 1. The van der Waals surface area contributed by atoms with Crippen molar-refractivity contribution in [1.29, 1.82) is 0 Å². The zero-order chi connectivity index (χ0) is 11.7. The number of hydrogen-bond acceptors (Lipinski definition) is 3. The fourth-order valence-electron chi connectivity index (χ4n) is 1.60. The number of aryl methyl sites for hydroxylation is 1. The van der Waals surface area contributed by atoms with E-state index in [0.717, 1.165) is 16.5 Å². The summed E-state index contributed by atoms with van der Waals surface area (Å²) in [5, 5.41) is 9.73. The van der Waals surface area contributed by atoms with Crippen LogP contribution in [0.15, 0.2) is 30.5 Å². The summed E-state index contributed by atoms with van der Waals surface area (Å²) in [5.74, 6) is -1.03. The van der Waals surface area contributed by atoms with E-state index in [2.05, 4.69) is 4.98 Å². The number of carbonyl (C=O) groups is 1. The molecule has 0 saturated carbocycles. The first-order chi connectivity index (χ1) is 7.58. The molecular formula is C12H12N2O2. The quantitative estimate of drug-likeness (QED) is 0.799. The Morgan fingerprint density at radius 2 is 2.19 bits per heavy atom. The number of aromatic nitrogens is 1. The van der Waals surface area contributed by atoms with Crippen LogP contribution in [0.2, 0.25) is 0 Å². The third-order valence-corrected chi connectivity index (χ3v) is 2.47. The standard InChI is InChI=1S/C12H12N2O2/c1-7-4-9-5-8(11(13)12(15)16)2-3-10(9)14-6-7/h2-6,11H,13H2,1H3,(H,15,16). The van der Waals surface area contributed by atoms with Crippen LogP contribution in [0.1, 0.15) is 17.2 Å². The molecule has 3 N–H and O–H groups in total. The maximum atomic E-state index is 10.8. The minimum absolute atomic E-state index is 0.590. The maximum Gasteiger partial charge on any atom is 0.325 e. The average molecular weight is 216 g/mol. The maximum absolute atomic E-state index is 10.8. The van der Waals surface area contributed by atoms with E-state index in [4.69, 9.17) is 10.8 Å². The van der Waals surface area contributed by atoms with Crippen molar-refractivity contribution < 1.29 is 9.90 Å². The monoisotopic (exact) mass is 216 g/mol. The highest BCUT2D eigenvalue weighted by Crippen LogP contribution is 2.18. The number of rotatable bonds is 2. The zero-order valence-corrected chi connectivity index (χ0v) is 8.84. The summed E-state index contributed by atoms with van der Waals surface area (Å²) >= 11 is 0. The summed E-state index contributed by atoms with van der Waals surface area (Å²) in [5.41, 5.74) is 8.01. The highest BCUT2D eigenvalue weighted by atomic mass is 16.4. The Balaban J connectivity index is 2.54. The van der Waals surface area contributed by atoms with Gasteiger partial charge in [0.25, 0.3) is 0 Å². The molecule has 0 aliphatic heterocycles. The topological polar surface area (TPSA) is 76.2 Å². The summed E-state index contributed by atoms with van der Waals surface area (Å²) < 4.78 is 0. The lowest BCUT2D eigenvalue weighted by Crippen LogP contribution is -2.20. The van der Waals surface area contributed by atoms with Gasteiger partial charge in [-0.2, -0.15) is 0 Å². The molecule has 0 aliphatic rings. The summed E-state index contributed by atoms with van der Waals surface area (Å²) in [6, 6.07) is 6.23. The van der Waals surface area contributed by atoms with Gasteiger partial charge < -0.3 is 10.8 Å². The molecule has 16 heavy (non-hydrogen) atoms. The third-order valence-electron chi connectivity index (χ3n) is 2.47. The predicted molar refractivity (Wildman–Crippen MR) is 61.0 cm³/mol. The normalized spacial score (nSPS) is 12.6. The first kappa shape index (κ1) is 10.6. The molecule has 2 aromatic rings. The summed E-state index contributed by atoms with van der Waals surface area (Å²) in [6.45, 7) is 1.94. The highest BCUT2D eigenvalue weighted by Gasteiger charge is 2.14. The van der Waals surface area contributed by atoms with Gasteiger partial charge in [0.15, 0.2) is 0 Å². The Morgan fingerprint density at radius 3 is 2.88 bits per heavy atom. The van der Waals surface area contributed by atoms with Gasteiger partial charge >= 0.3 is 5.97 Å². The number of aliphatic carboxylic acids is 1.